The van der Waals surface area contributed by atoms with Crippen molar-refractivity contribution in [3.05, 3.63) is 36.0 Å². The number of anilines is 1. The highest BCUT2D eigenvalue weighted by Crippen LogP contribution is 2.21. The fraction of sp³-hybridized carbons (Fsp3) is 0.250. The summed E-state index contributed by atoms with van der Waals surface area (Å²) in [5.74, 6) is 0. The first-order chi connectivity index (χ1) is 6.68. The summed E-state index contributed by atoms with van der Waals surface area (Å²) in [5.41, 5.74) is 3.53. The van der Waals surface area contributed by atoms with Gasteiger partial charge in [-0.15, -0.1) is 0 Å². The molecule has 0 aliphatic carbocycles. The van der Waals surface area contributed by atoms with Crippen LogP contribution in [0.1, 0.15) is 5.56 Å². The zero-order valence-electron chi connectivity index (χ0n) is 8.78. The summed E-state index contributed by atoms with van der Waals surface area (Å²) in [5, 5.41) is 1.23. The number of nitrogens with zero attached hydrogens (tertiary/aromatic N) is 2. The highest BCUT2D eigenvalue weighted by molar-refractivity contribution is 5.84. The van der Waals surface area contributed by atoms with Gasteiger partial charge in [0.25, 0.3) is 0 Å². The van der Waals surface area contributed by atoms with Crippen molar-refractivity contribution >= 4 is 16.6 Å². The molecule has 0 spiro atoms. The molecule has 2 heteroatoms. The van der Waals surface area contributed by atoms with Crippen LogP contribution in [0, 0.1) is 6.92 Å². The van der Waals surface area contributed by atoms with Crippen molar-refractivity contribution in [1.29, 1.82) is 0 Å². The molecule has 0 saturated heterocycles. The van der Waals surface area contributed by atoms with Crippen LogP contribution in [0.2, 0.25) is 0 Å². The molecule has 14 heavy (non-hydrogen) atoms. The van der Waals surface area contributed by atoms with Crippen molar-refractivity contribution in [2.24, 2.45) is 0 Å². The number of aryl methyl sites for hydroxylation is 1. The van der Waals surface area contributed by atoms with Crippen molar-refractivity contribution in [2.45, 2.75) is 6.92 Å². The maximum Gasteiger partial charge on any atom is 0.0725 e. The van der Waals surface area contributed by atoms with Crippen molar-refractivity contribution in [2.75, 3.05) is 19.0 Å². The Morgan fingerprint density at radius 2 is 1.93 bits per heavy atom. The van der Waals surface area contributed by atoms with Gasteiger partial charge in [-0.25, -0.2) is 0 Å². The molecule has 2 aromatic rings. The maximum atomic E-state index is 4.36. The number of benzene rings is 1. The Morgan fingerprint density at radius 1 is 1.14 bits per heavy atom. The largest absolute Gasteiger partial charge is 0.378 e. The van der Waals surface area contributed by atoms with E-state index in [9.17, 15) is 0 Å². The van der Waals surface area contributed by atoms with Crippen molar-refractivity contribution in [1.82, 2.24) is 4.98 Å². The lowest BCUT2D eigenvalue weighted by atomic mass is 10.1. The second-order valence-electron chi connectivity index (χ2n) is 3.72. The average molecular weight is 186 g/mol. The van der Waals surface area contributed by atoms with Crippen LogP contribution < -0.4 is 4.90 Å². The van der Waals surface area contributed by atoms with Gasteiger partial charge in [-0.05, 0) is 30.7 Å². The lowest BCUT2D eigenvalue weighted by Gasteiger charge is -2.13. The molecule has 1 aromatic carbocycles. The Hall–Kier alpha value is -1.57. The monoisotopic (exact) mass is 186 g/mol. The van der Waals surface area contributed by atoms with Crippen LogP contribution in [0.5, 0.6) is 0 Å². The predicted molar refractivity (Wildman–Crippen MR) is 60.8 cm³/mol. The van der Waals surface area contributed by atoms with Crippen LogP contribution in [0.3, 0.4) is 0 Å². The third kappa shape index (κ3) is 1.43. The average Bonchev–Trinajstić information content (AvgIpc) is 2.17. The van der Waals surface area contributed by atoms with E-state index in [1.807, 2.05) is 26.4 Å². The van der Waals surface area contributed by atoms with E-state index in [0.717, 1.165) is 5.52 Å². The lowest BCUT2D eigenvalue weighted by Crippen LogP contribution is -2.08. The molecule has 0 atom stereocenters. The van der Waals surface area contributed by atoms with Crippen LogP contribution >= 0.6 is 0 Å². The second kappa shape index (κ2) is 3.29. The predicted octanol–water partition coefficient (Wildman–Crippen LogP) is 2.61. The van der Waals surface area contributed by atoms with Crippen LogP contribution in [0.4, 0.5) is 5.69 Å². The highest BCUT2D eigenvalue weighted by atomic mass is 15.1. The summed E-state index contributed by atoms with van der Waals surface area (Å²) >= 11 is 0. The van der Waals surface area contributed by atoms with Gasteiger partial charge in [0.15, 0.2) is 0 Å². The molecule has 0 saturated carbocycles. The fourth-order valence-electron chi connectivity index (χ4n) is 1.56. The summed E-state index contributed by atoms with van der Waals surface area (Å²) in [6.07, 6.45) is 1.86. The second-order valence-corrected chi connectivity index (χ2v) is 3.72. The molecule has 0 unspecified atom stereocenters. The van der Waals surface area contributed by atoms with E-state index in [1.54, 1.807) is 0 Å². The Kier molecular flexibility index (Phi) is 2.12. The molecular formula is C12H14N2. The first kappa shape index (κ1) is 9.00. The molecule has 0 amide bonds. The summed E-state index contributed by atoms with van der Waals surface area (Å²) < 4.78 is 0. The number of aromatic nitrogens is 1. The lowest BCUT2D eigenvalue weighted by molar-refractivity contribution is 1.13. The first-order valence-corrected chi connectivity index (χ1v) is 4.71. The summed E-state index contributed by atoms with van der Waals surface area (Å²) in [4.78, 5) is 6.45. The maximum absolute atomic E-state index is 4.36. The van der Waals surface area contributed by atoms with Crippen molar-refractivity contribution in [3.63, 3.8) is 0 Å². The molecule has 0 fully saturated rings. The Labute approximate surface area is 84.2 Å². The van der Waals surface area contributed by atoms with Crippen molar-refractivity contribution < 1.29 is 0 Å². The molecule has 0 bridgehead atoms. The van der Waals surface area contributed by atoms with Gasteiger partial charge in [-0.3, -0.25) is 4.98 Å². The van der Waals surface area contributed by atoms with Gasteiger partial charge in [0.05, 0.1) is 5.52 Å². The smallest absolute Gasteiger partial charge is 0.0725 e. The molecule has 0 aliphatic heterocycles. The quantitative estimate of drug-likeness (QED) is 0.680. The normalized spacial score (nSPS) is 10.5. The first-order valence-electron chi connectivity index (χ1n) is 4.71. The number of pyridine rings is 1. The minimum Gasteiger partial charge on any atom is -0.378 e. The standard InChI is InChI=1S/C12H14N2/c1-9-6-7-13-12-8-10(14(2)3)4-5-11(9)12/h4-8H,1-3H3. The van der Waals surface area contributed by atoms with Gasteiger partial charge < -0.3 is 4.90 Å². The van der Waals surface area contributed by atoms with Crippen LogP contribution in [-0.2, 0) is 0 Å². The Balaban J connectivity index is 2.67. The molecule has 2 rings (SSSR count). The molecule has 0 aliphatic rings. The van der Waals surface area contributed by atoms with E-state index < -0.39 is 0 Å². The van der Waals surface area contributed by atoms with E-state index in [4.69, 9.17) is 0 Å². The summed E-state index contributed by atoms with van der Waals surface area (Å²) in [6, 6.07) is 8.41. The number of hydrogen-bond acceptors (Lipinski definition) is 2. The van der Waals surface area contributed by atoms with Crippen molar-refractivity contribution in [3.8, 4) is 0 Å². The Morgan fingerprint density at radius 3 is 2.64 bits per heavy atom. The zero-order chi connectivity index (χ0) is 10.1. The van der Waals surface area contributed by atoms with Crippen LogP contribution in [0.15, 0.2) is 30.5 Å². The molecule has 1 aromatic heterocycles. The van der Waals surface area contributed by atoms with Gasteiger partial charge in [-0.1, -0.05) is 6.07 Å². The summed E-state index contributed by atoms with van der Waals surface area (Å²) in [6.45, 7) is 2.11. The Bertz CT molecular complexity index is 461. The number of hydrogen-bond donors (Lipinski definition) is 0. The topological polar surface area (TPSA) is 16.1 Å². The molecule has 2 nitrogen and oxygen atoms in total. The third-order valence-electron chi connectivity index (χ3n) is 2.46. The van der Waals surface area contributed by atoms with E-state index in [-0.39, 0.29) is 0 Å². The third-order valence-corrected chi connectivity index (χ3v) is 2.46. The van der Waals surface area contributed by atoms with Gasteiger partial charge in [0.2, 0.25) is 0 Å². The van der Waals surface area contributed by atoms with E-state index in [0.29, 0.717) is 0 Å². The minimum absolute atomic E-state index is 1.07. The molecule has 72 valence electrons. The molecule has 1 heterocycles. The molecular weight excluding hydrogens is 172 g/mol. The number of rotatable bonds is 1. The minimum atomic E-state index is 1.07. The molecule has 0 N–H and O–H groups in total. The van der Waals surface area contributed by atoms with Crippen LogP contribution in [-0.4, -0.2) is 19.1 Å². The van der Waals surface area contributed by atoms with E-state index >= 15 is 0 Å². The van der Waals surface area contributed by atoms with Gasteiger partial charge in [0.1, 0.15) is 0 Å². The molecule has 0 radical (unpaired) electrons. The van der Waals surface area contributed by atoms with Gasteiger partial charge in [-0.2, -0.15) is 0 Å². The van der Waals surface area contributed by atoms with Gasteiger partial charge >= 0.3 is 0 Å². The number of fused-ring (bicyclic) bond motifs is 1. The van der Waals surface area contributed by atoms with Crippen LogP contribution in [0.25, 0.3) is 10.9 Å². The zero-order valence-corrected chi connectivity index (χ0v) is 8.78. The SMILES string of the molecule is Cc1ccnc2cc(N(C)C)ccc12. The summed E-state index contributed by atoms with van der Waals surface area (Å²) in [7, 11) is 4.08. The van der Waals surface area contributed by atoms with E-state index in [1.165, 1.54) is 16.6 Å². The highest BCUT2D eigenvalue weighted by Gasteiger charge is 2.00. The van der Waals surface area contributed by atoms with E-state index in [2.05, 4.69) is 35.0 Å². The fourth-order valence-corrected chi connectivity index (χ4v) is 1.56. The van der Waals surface area contributed by atoms with Gasteiger partial charge in [0, 0.05) is 31.4 Å².